The summed E-state index contributed by atoms with van der Waals surface area (Å²) in [7, 11) is 1.61. The number of benzene rings is 2. The van der Waals surface area contributed by atoms with Crippen LogP contribution in [0.5, 0.6) is 5.75 Å². The molecule has 0 heterocycles. The molecule has 3 N–H and O–H groups in total. The zero-order valence-corrected chi connectivity index (χ0v) is 13.8. The SMILES string of the molecule is COc1ccc(C(N)=S)c(Nc2ccc(Cl)cc2Br)c1. The highest BCUT2D eigenvalue weighted by Gasteiger charge is 2.09. The largest absolute Gasteiger partial charge is 0.497 e. The van der Waals surface area contributed by atoms with Crippen LogP contribution in [0.3, 0.4) is 0 Å². The van der Waals surface area contributed by atoms with Crippen molar-refractivity contribution in [3.8, 4) is 5.75 Å². The van der Waals surface area contributed by atoms with Crippen LogP contribution in [0.25, 0.3) is 0 Å². The van der Waals surface area contributed by atoms with Crippen molar-refractivity contribution in [2.45, 2.75) is 0 Å². The van der Waals surface area contributed by atoms with Gasteiger partial charge in [-0.3, -0.25) is 0 Å². The second kappa shape index (κ2) is 6.43. The number of methoxy groups -OCH3 is 1. The van der Waals surface area contributed by atoms with Gasteiger partial charge in [0.05, 0.1) is 18.5 Å². The van der Waals surface area contributed by atoms with Crippen LogP contribution in [0.2, 0.25) is 5.02 Å². The van der Waals surface area contributed by atoms with Gasteiger partial charge in [0.15, 0.2) is 0 Å². The van der Waals surface area contributed by atoms with E-state index in [1.165, 1.54) is 0 Å². The van der Waals surface area contributed by atoms with Gasteiger partial charge in [-0.2, -0.15) is 0 Å². The minimum Gasteiger partial charge on any atom is -0.497 e. The van der Waals surface area contributed by atoms with Crippen LogP contribution >= 0.6 is 39.7 Å². The molecule has 0 fully saturated rings. The van der Waals surface area contributed by atoms with E-state index in [-0.39, 0.29) is 0 Å². The molecule has 0 aliphatic carbocycles. The fourth-order valence-electron chi connectivity index (χ4n) is 1.70. The van der Waals surface area contributed by atoms with Crippen molar-refractivity contribution in [1.29, 1.82) is 0 Å². The lowest BCUT2D eigenvalue weighted by atomic mass is 10.1. The Morgan fingerprint density at radius 2 is 2.00 bits per heavy atom. The first-order valence-electron chi connectivity index (χ1n) is 5.71. The lowest BCUT2D eigenvalue weighted by molar-refractivity contribution is 0.415. The molecule has 0 bridgehead atoms. The Kier molecular flexibility index (Phi) is 4.86. The summed E-state index contributed by atoms with van der Waals surface area (Å²) in [5, 5.41) is 3.93. The maximum Gasteiger partial charge on any atom is 0.120 e. The standard InChI is InChI=1S/C14H12BrClN2OS/c1-19-9-3-4-10(14(17)20)13(7-9)18-12-5-2-8(16)6-11(12)15/h2-7,18H,1H3,(H2,17,20). The first-order valence-corrected chi connectivity index (χ1v) is 7.29. The number of halogens is 2. The molecule has 2 aromatic rings. The van der Waals surface area contributed by atoms with E-state index in [4.69, 9.17) is 34.3 Å². The average Bonchev–Trinajstić information content (AvgIpc) is 2.41. The number of hydrogen-bond donors (Lipinski definition) is 2. The summed E-state index contributed by atoms with van der Waals surface area (Å²) >= 11 is 14.5. The van der Waals surface area contributed by atoms with Crippen LogP contribution in [-0.4, -0.2) is 12.1 Å². The molecule has 0 unspecified atom stereocenters. The van der Waals surface area contributed by atoms with E-state index in [0.29, 0.717) is 10.0 Å². The third-order valence-corrected chi connectivity index (χ3v) is 3.80. The second-order valence-electron chi connectivity index (χ2n) is 4.02. The van der Waals surface area contributed by atoms with Gasteiger partial charge < -0.3 is 15.8 Å². The van der Waals surface area contributed by atoms with E-state index in [9.17, 15) is 0 Å². The maximum absolute atomic E-state index is 5.93. The molecule has 0 aliphatic rings. The van der Waals surface area contributed by atoms with Crippen molar-refractivity contribution in [2.75, 3.05) is 12.4 Å². The smallest absolute Gasteiger partial charge is 0.120 e. The Morgan fingerprint density at radius 1 is 1.25 bits per heavy atom. The highest BCUT2D eigenvalue weighted by Crippen LogP contribution is 2.31. The first-order chi connectivity index (χ1) is 9.51. The van der Waals surface area contributed by atoms with Gasteiger partial charge in [-0.15, -0.1) is 0 Å². The molecule has 2 aromatic carbocycles. The first kappa shape index (κ1) is 15.1. The molecular formula is C14H12BrClN2OS. The highest BCUT2D eigenvalue weighted by molar-refractivity contribution is 9.10. The van der Waals surface area contributed by atoms with E-state index >= 15 is 0 Å². The van der Waals surface area contributed by atoms with Crippen LogP contribution in [-0.2, 0) is 0 Å². The summed E-state index contributed by atoms with van der Waals surface area (Å²) in [6.45, 7) is 0. The highest BCUT2D eigenvalue weighted by atomic mass is 79.9. The summed E-state index contributed by atoms with van der Waals surface area (Å²) in [6.07, 6.45) is 0. The van der Waals surface area contributed by atoms with E-state index in [0.717, 1.165) is 27.2 Å². The Balaban J connectivity index is 2.43. The number of thiocarbonyl (C=S) groups is 1. The minimum atomic E-state index is 0.320. The normalized spacial score (nSPS) is 10.2. The summed E-state index contributed by atoms with van der Waals surface area (Å²) < 4.78 is 6.07. The Morgan fingerprint density at radius 3 is 2.60 bits per heavy atom. The van der Waals surface area contributed by atoms with Gasteiger partial charge in [0, 0.05) is 21.1 Å². The molecule has 0 amide bonds. The molecule has 0 aromatic heterocycles. The van der Waals surface area contributed by atoms with E-state index in [1.54, 1.807) is 13.2 Å². The van der Waals surface area contributed by atoms with Crippen LogP contribution in [0.15, 0.2) is 40.9 Å². The van der Waals surface area contributed by atoms with Crippen molar-refractivity contribution in [1.82, 2.24) is 0 Å². The Bertz CT molecular complexity index is 664. The molecule has 0 atom stereocenters. The predicted molar refractivity (Wildman–Crippen MR) is 91.3 cm³/mol. The number of nitrogens with one attached hydrogen (secondary N) is 1. The fourth-order valence-corrected chi connectivity index (χ4v) is 2.66. The van der Waals surface area contributed by atoms with Crippen molar-refractivity contribution in [3.63, 3.8) is 0 Å². The van der Waals surface area contributed by atoms with Crippen LogP contribution in [0.4, 0.5) is 11.4 Å². The van der Waals surface area contributed by atoms with Crippen LogP contribution in [0, 0.1) is 0 Å². The minimum absolute atomic E-state index is 0.320. The molecule has 104 valence electrons. The molecule has 0 spiro atoms. The topological polar surface area (TPSA) is 47.3 Å². The third-order valence-electron chi connectivity index (χ3n) is 2.69. The average molecular weight is 372 g/mol. The Labute approximate surface area is 136 Å². The fraction of sp³-hybridized carbons (Fsp3) is 0.0714. The molecule has 0 radical (unpaired) electrons. The molecule has 0 saturated heterocycles. The monoisotopic (exact) mass is 370 g/mol. The summed E-state index contributed by atoms with van der Waals surface area (Å²) in [6, 6.07) is 11.0. The third kappa shape index (κ3) is 3.42. The summed E-state index contributed by atoms with van der Waals surface area (Å²) in [4.78, 5) is 0.320. The zero-order valence-electron chi connectivity index (χ0n) is 10.6. The summed E-state index contributed by atoms with van der Waals surface area (Å²) in [5.41, 5.74) is 8.13. The number of hydrogen-bond acceptors (Lipinski definition) is 3. The molecule has 6 heteroatoms. The zero-order chi connectivity index (χ0) is 14.7. The van der Waals surface area contributed by atoms with Gasteiger partial charge in [0.1, 0.15) is 10.7 Å². The van der Waals surface area contributed by atoms with E-state index in [1.807, 2.05) is 30.3 Å². The molecule has 3 nitrogen and oxygen atoms in total. The van der Waals surface area contributed by atoms with E-state index in [2.05, 4.69) is 21.2 Å². The van der Waals surface area contributed by atoms with Gasteiger partial charge in [-0.25, -0.2) is 0 Å². The molecule has 20 heavy (non-hydrogen) atoms. The van der Waals surface area contributed by atoms with Gasteiger partial charge in [-0.1, -0.05) is 23.8 Å². The van der Waals surface area contributed by atoms with Gasteiger partial charge in [0.25, 0.3) is 0 Å². The van der Waals surface area contributed by atoms with Crippen LogP contribution in [0.1, 0.15) is 5.56 Å². The molecular weight excluding hydrogens is 360 g/mol. The Hall–Kier alpha value is -1.30. The second-order valence-corrected chi connectivity index (χ2v) is 5.76. The lowest BCUT2D eigenvalue weighted by Crippen LogP contribution is -2.12. The van der Waals surface area contributed by atoms with Crippen LogP contribution < -0.4 is 15.8 Å². The number of anilines is 2. The lowest BCUT2D eigenvalue weighted by Gasteiger charge is -2.14. The van der Waals surface area contributed by atoms with Crippen molar-refractivity contribution in [2.24, 2.45) is 5.73 Å². The van der Waals surface area contributed by atoms with Crippen molar-refractivity contribution >= 4 is 56.1 Å². The molecule has 0 saturated carbocycles. The molecule has 0 aliphatic heterocycles. The number of nitrogens with two attached hydrogens (primary N) is 1. The van der Waals surface area contributed by atoms with Gasteiger partial charge in [-0.05, 0) is 46.3 Å². The quantitative estimate of drug-likeness (QED) is 0.777. The van der Waals surface area contributed by atoms with E-state index < -0.39 is 0 Å². The maximum atomic E-state index is 5.93. The number of ether oxygens (including phenoxy) is 1. The predicted octanol–water partition coefficient (Wildman–Crippen LogP) is 4.49. The number of rotatable bonds is 4. The summed E-state index contributed by atoms with van der Waals surface area (Å²) in [5.74, 6) is 0.720. The molecule has 2 rings (SSSR count). The van der Waals surface area contributed by atoms with Crippen molar-refractivity contribution < 1.29 is 4.74 Å². The van der Waals surface area contributed by atoms with Crippen molar-refractivity contribution in [3.05, 3.63) is 51.5 Å². The van der Waals surface area contributed by atoms with Gasteiger partial charge in [0.2, 0.25) is 0 Å². The van der Waals surface area contributed by atoms with Gasteiger partial charge >= 0.3 is 0 Å².